The Balaban J connectivity index is 2.30. The van der Waals surface area contributed by atoms with Gasteiger partial charge in [-0.2, -0.15) is 0 Å². The monoisotopic (exact) mass is 338 g/mol. The van der Waals surface area contributed by atoms with E-state index in [0.29, 0.717) is 12.2 Å². The van der Waals surface area contributed by atoms with E-state index in [1.807, 2.05) is 20.8 Å². The molecule has 0 spiro atoms. The normalized spacial score (nSPS) is 21.6. The number of unbranched alkanes of at least 4 members (excludes halogenated alkanes) is 1. The fourth-order valence-corrected chi connectivity index (χ4v) is 3.47. The Hall–Kier alpha value is -0.860. The highest BCUT2D eigenvalue weighted by Crippen LogP contribution is 2.23. The lowest BCUT2D eigenvalue weighted by Gasteiger charge is -2.20. The van der Waals surface area contributed by atoms with Crippen molar-refractivity contribution < 1.29 is 14.3 Å². The molecule has 140 valence electrons. The number of Topliss-reactive ketones (excluding diaryl/α,β-unsaturated/α-hetero) is 1. The molecule has 1 aliphatic rings. The highest BCUT2D eigenvalue weighted by Gasteiger charge is 2.19. The van der Waals surface area contributed by atoms with Crippen molar-refractivity contribution in [2.24, 2.45) is 5.92 Å². The van der Waals surface area contributed by atoms with Crippen LogP contribution in [0.1, 0.15) is 111 Å². The van der Waals surface area contributed by atoms with Crippen LogP contribution in [0.3, 0.4) is 0 Å². The van der Waals surface area contributed by atoms with Gasteiger partial charge in [-0.3, -0.25) is 9.59 Å². The van der Waals surface area contributed by atoms with E-state index in [0.717, 1.165) is 38.5 Å². The Morgan fingerprint density at radius 1 is 0.958 bits per heavy atom. The number of esters is 1. The average molecular weight is 339 g/mol. The van der Waals surface area contributed by atoms with Gasteiger partial charge in [0.15, 0.2) is 0 Å². The summed E-state index contributed by atoms with van der Waals surface area (Å²) in [6.07, 6.45) is 15.0. The SMILES string of the molecule is CC(C)(C)OC(=O)CCCCC1CCCCCCCCCCC1=O. The van der Waals surface area contributed by atoms with Gasteiger partial charge in [-0.15, -0.1) is 0 Å². The minimum absolute atomic E-state index is 0.118. The molecule has 1 rings (SSSR count). The molecule has 0 aromatic rings. The topological polar surface area (TPSA) is 43.4 Å². The first-order valence-corrected chi connectivity index (χ1v) is 10.1. The predicted molar refractivity (Wildman–Crippen MR) is 99.0 cm³/mol. The summed E-state index contributed by atoms with van der Waals surface area (Å²) < 4.78 is 5.34. The zero-order valence-corrected chi connectivity index (χ0v) is 16.2. The maximum Gasteiger partial charge on any atom is 0.306 e. The zero-order chi connectivity index (χ0) is 17.8. The summed E-state index contributed by atoms with van der Waals surface area (Å²) in [4.78, 5) is 24.2. The minimum Gasteiger partial charge on any atom is -0.460 e. The van der Waals surface area contributed by atoms with Crippen molar-refractivity contribution in [1.82, 2.24) is 0 Å². The van der Waals surface area contributed by atoms with E-state index in [1.54, 1.807) is 0 Å². The molecule has 0 aromatic heterocycles. The van der Waals surface area contributed by atoms with Crippen LogP contribution in [0, 0.1) is 5.92 Å². The number of hydrogen-bond donors (Lipinski definition) is 0. The van der Waals surface area contributed by atoms with Gasteiger partial charge in [0.05, 0.1) is 0 Å². The van der Waals surface area contributed by atoms with Gasteiger partial charge in [0.1, 0.15) is 11.4 Å². The molecular weight excluding hydrogens is 300 g/mol. The fourth-order valence-electron chi connectivity index (χ4n) is 3.47. The Morgan fingerprint density at radius 3 is 2.17 bits per heavy atom. The van der Waals surface area contributed by atoms with E-state index in [2.05, 4.69) is 0 Å². The van der Waals surface area contributed by atoms with E-state index >= 15 is 0 Å². The fraction of sp³-hybridized carbons (Fsp3) is 0.905. The molecule has 0 aliphatic heterocycles. The molecular formula is C21H38O3. The lowest BCUT2D eigenvalue weighted by molar-refractivity contribution is -0.154. The van der Waals surface area contributed by atoms with E-state index in [-0.39, 0.29) is 11.9 Å². The van der Waals surface area contributed by atoms with Crippen LogP contribution in [0.5, 0.6) is 0 Å². The van der Waals surface area contributed by atoms with Crippen molar-refractivity contribution in [2.45, 2.75) is 116 Å². The molecule has 3 heteroatoms. The van der Waals surface area contributed by atoms with E-state index in [9.17, 15) is 9.59 Å². The summed E-state index contributed by atoms with van der Waals surface area (Å²) in [6, 6.07) is 0. The summed E-state index contributed by atoms with van der Waals surface area (Å²) in [5.74, 6) is 0.573. The maximum absolute atomic E-state index is 12.5. The first kappa shape index (κ1) is 21.2. The van der Waals surface area contributed by atoms with Gasteiger partial charge in [0.2, 0.25) is 0 Å². The summed E-state index contributed by atoms with van der Waals surface area (Å²) >= 11 is 0. The third kappa shape index (κ3) is 10.8. The molecule has 1 unspecified atom stereocenters. The van der Waals surface area contributed by atoms with E-state index in [4.69, 9.17) is 4.74 Å². The smallest absolute Gasteiger partial charge is 0.306 e. The summed E-state index contributed by atoms with van der Waals surface area (Å²) in [7, 11) is 0. The van der Waals surface area contributed by atoms with Gasteiger partial charge in [0.25, 0.3) is 0 Å². The Labute approximate surface area is 148 Å². The largest absolute Gasteiger partial charge is 0.460 e. The van der Waals surface area contributed by atoms with Crippen LogP contribution in [-0.2, 0) is 14.3 Å². The van der Waals surface area contributed by atoms with Gasteiger partial charge in [-0.1, -0.05) is 51.4 Å². The molecule has 0 amide bonds. The molecule has 0 N–H and O–H groups in total. The molecule has 0 aromatic carbocycles. The van der Waals surface area contributed by atoms with Gasteiger partial charge in [-0.25, -0.2) is 0 Å². The number of rotatable bonds is 5. The Kier molecular flexibility index (Phi) is 10.3. The average Bonchev–Trinajstić information content (AvgIpc) is 2.47. The number of ether oxygens (including phenoxy) is 1. The maximum atomic E-state index is 12.5. The third-order valence-corrected chi connectivity index (χ3v) is 4.78. The molecule has 1 atom stereocenters. The Morgan fingerprint density at radius 2 is 1.54 bits per heavy atom. The highest BCUT2D eigenvalue weighted by molar-refractivity contribution is 5.80. The molecule has 0 radical (unpaired) electrons. The number of hydrogen-bond acceptors (Lipinski definition) is 3. The van der Waals surface area contributed by atoms with Crippen LogP contribution in [0.15, 0.2) is 0 Å². The van der Waals surface area contributed by atoms with Crippen LogP contribution in [0.2, 0.25) is 0 Å². The van der Waals surface area contributed by atoms with Crippen LogP contribution >= 0.6 is 0 Å². The molecule has 0 heterocycles. The second kappa shape index (κ2) is 11.7. The quantitative estimate of drug-likeness (QED) is 0.457. The summed E-state index contributed by atoms with van der Waals surface area (Å²) in [5.41, 5.74) is -0.402. The molecule has 24 heavy (non-hydrogen) atoms. The van der Waals surface area contributed by atoms with E-state index < -0.39 is 5.60 Å². The lowest BCUT2D eigenvalue weighted by Crippen LogP contribution is -2.23. The van der Waals surface area contributed by atoms with Crippen molar-refractivity contribution in [1.29, 1.82) is 0 Å². The number of carbonyl (C=O) groups excluding carboxylic acids is 2. The van der Waals surface area contributed by atoms with Crippen LogP contribution in [0.4, 0.5) is 0 Å². The third-order valence-electron chi connectivity index (χ3n) is 4.78. The van der Waals surface area contributed by atoms with Gasteiger partial charge in [-0.05, 0) is 46.5 Å². The van der Waals surface area contributed by atoms with Crippen molar-refractivity contribution in [3.63, 3.8) is 0 Å². The van der Waals surface area contributed by atoms with Crippen LogP contribution in [-0.4, -0.2) is 17.4 Å². The van der Waals surface area contributed by atoms with Crippen LogP contribution in [0.25, 0.3) is 0 Å². The second-order valence-corrected chi connectivity index (χ2v) is 8.36. The van der Waals surface area contributed by atoms with Gasteiger partial charge < -0.3 is 4.74 Å². The zero-order valence-electron chi connectivity index (χ0n) is 16.2. The first-order valence-electron chi connectivity index (χ1n) is 10.1. The van der Waals surface area contributed by atoms with Crippen molar-refractivity contribution in [2.75, 3.05) is 0 Å². The number of carbonyl (C=O) groups is 2. The predicted octanol–water partition coefficient (Wildman–Crippen LogP) is 5.99. The van der Waals surface area contributed by atoms with E-state index in [1.165, 1.54) is 44.9 Å². The van der Waals surface area contributed by atoms with Crippen molar-refractivity contribution >= 4 is 11.8 Å². The minimum atomic E-state index is -0.402. The molecule has 1 fully saturated rings. The van der Waals surface area contributed by atoms with Gasteiger partial charge >= 0.3 is 5.97 Å². The first-order chi connectivity index (χ1) is 11.4. The Bertz CT molecular complexity index is 368. The highest BCUT2D eigenvalue weighted by atomic mass is 16.6. The molecule has 1 saturated carbocycles. The molecule has 1 aliphatic carbocycles. The summed E-state index contributed by atoms with van der Waals surface area (Å²) in [6.45, 7) is 5.69. The second-order valence-electron chi connectivity index (χ2n) is 8.36. The van der Waals surface area contributed by atoms with Crippen LogP contribution < -0.4 is 0 Å². The molecule has 3 nitrogen and oxygen atoms in total. The van der Waals surface area contributed by atoms with Crippen molar-refractivity contribution in [3.05, 3.63) is 0 Å². The van der Waals surface area contributed by atoms with Crippen molar-refractivity contribution in [3.8, 4) is 0 Å². The molecule has 0 bridgehead atoms. The number of ketones is 1. The standard InChI is InChI=1S/C21H38O3/c1-21(2,3)24-20(23)17-13-12-15-18-14-10-8-6-4-5-7-9-11-16-19(18)22/h18H,4-17H2,1-3H3. The molecule has 0 saturated heterocycles. The van der Waals surface area contributed by atoms with Gasteiger partial charge in [0, 0.05) is 18.8 Å². The lowest BCUT2D eigenvalue weighted by atomic mass is 9.88. The summed E-state index contributed by atoms with van der Waals surface area (Å²) in [5, 5.41) is 0.